The van der Waals surface area contributed by atoms with Crippen LogP contribution in [0.3, 0.4) is 0 Å². The number of halogens is 4. The Hall–Kier alpha value is -2.75. The molecule has 1 aliphatic rings. The van der Waals surface area contributed by atoms with E-state index in [1.54, 1.807) is 11.8 Å². The molecule has 5 nitrogen and oxygen atoms in total. The summed E-state index contributed by atoms with van der Waals surface area (Å²) in [5.41, 5.74) is -1.27. The van der Waals surface area contributed by atoms with Crippen LogP contribution in [-0.4, -0.2) is 33.3 Å². The van der Waals surface area contributed by atoms with Crippen LogP contribution in [-0.2, 0) is 23.8 Å². The van der Waals surface area contributed by atoms with E-state index >= 15 is 0 Å². The number of fused-ring (bicyclic) bond motifs is 1. The van der Waals surface area contributed by atoms with Crippen LogP contribution in [0.15, 0.2) is 29.1 Å². The van der Waals surface area contributed by atoms with Crippen LogP contribution in [0.1, 0.15) is 33.8 Å². The number of amides is 1. The first-order chi connectivity index (χ1) is 14.1. The summed E-state index contributed by atoms with van der Waals surface area (Å²) >= 11 is 1.22. The number of likely N-dealkylation sites (tertiary alicyclic amines) is 1. The highest BCUT2D eigenvalue weighted by molar-refractivity contribution is 7.17. The highest BCUT2D eigenvalue weighted by Gasteiger charge is 2.34. The fraction of sp³-hybridized carbons (Fsp3) is 0.350. The van der Waals surface area contributed by atoms with Gasteiger partial charge in [-0.15, -0.1) is 11.3 Å². The lowest BCUT2D eigenvalue weighted by molar-refractivity contribution is -0.140. The molecule has 0 radical (unpaired) electrons. The van der Waals surface area contributed by atoms with Crippen molar-refractivity contribution >= 4 is 22.2 Å². The monoisotopic (exact) mass is 439 g/mol. The third-order valence-corrected chi connectivity index (χ3v) is 6.14. The summed E-state index contributed by atoms with van der Waals surface area (Å²) in [6.07, 6.45) is -4.01. The summed E-state index contributed by atoms with van der Waals surface area (Å²) < 4.78 is 54.5. The number of aromatic nitrogens is 2. The second kappa shape index (κ2) is 7.50. The lowest BCUT2D eigenvalue weighted by Crippen LogP contribution is -2.43. The summed E-state index contributed by atoms with van der Waals surface area (Å²) in [6, 6.07) is 4.22. The zero-order chi connectivity index (χ0) is 21.6. The van der Waals surface area contributed by atoms with E-state index in [0.717, 1.165) is 17.4 Å². The average Bonchev–Trinajstić information content (AvgIpc) is 2.90. The van der Waals surface area contributed by atoms with Crippen molar-refractivity contribution in [3.63, 3.8) is 0 Å². The van der Waals surface area contributed by atoms with E-state index < -0.39 is 23.1 Å². The van der Waals surface area contributed by atoms with Crippen LogP contribution >= 0.6 is 11.3 Å². The topological polar surface area (TPSA) is 54.7 Å². The van der Waals surface area contributed by atoms with Crippen LogP contribution in [0, 0.1) is 12.7 Å². The SMILES string of the molecule is Cc1sc2nc(Cc3cccc(C(F)(F)F)c3F)cc(=O)n2c1CC(=O)N1CCC1. The van der Waals surface area contributed by atoms with Gasteiger partial charge in [0.05, 0.1) is 23.4 Å². The first-order valence-corrected chi connectivity index (χ1v) is 10.1. The van der Waals surface area contributed by atoms with Gasteiger partial charge in [-0.1, -0.05) is 12.1 Å². The molecule has 0 unspecified atom stereocenters. The molecule has 1 aliphatic heterocycles. The minimum atomic E-state index is -4.81. The minimum absolute atomic E-state index is 0.0638. The Morgan fingerprint density at radius 3 is 2.63 bits per heavy atom. The van der Waals surface area contributed by atoms with Gasteiger partial charge < -0.3 is 4.90 Å². The molecule has 3 heterocycles. The van der Waals surface area contributed by atoms with Gasteiger partial charge in [-0.05, 0) is 25.0 Å². The minimum Gasteiger partial charge on any atom is -0.342 e. The Kier molecular flexibility index (Phi) is 5.13. The summed E-state index contributed by atoms with van der Waals surface area (Å²) in [5.74, 6) is -1.43. The van der Waals surface area contributed by atoms with Gasteiger partial charge >= 0.3 is 6.18 Å². The molecule has 0 aliphatic carbocycles. The van der Waals surface area contributed by atoms with Crippen molar-refractivity contribution in [2.45, 2.75) is 32.4 Å². The molecule has 30 heavy (non-hydrogen) atoms. The Labute approximate surface area is 172 Å². The Balaban J connectivity index is 1.68. The van der Waals surface area contributed by atoms with Crippen LogP contribution in [0.5, 0.6) is 0 Å². The van der Waals surface area contributed by atoms with Crippen molar-refractivity contribution in [2.75, 3.05) is 13.1 Å². The van der Waals surface area contributed by atoms with Crippen LogP contribution in [0.2, 0.25) is 0 Å². The number of nitrogens with zero attached hydrogens (tertiary/aromatic N) is 3. The molecular weight excluding hydrogens is 422 g/mol. The highest BCUT2D eigenvalue weighted by Crippen LogP contribution is 2.33. The molecule has 0 saturated carbocycles. The normalized spacial score (nSPS) is 14.2. The first-order valence-electron chi connectivity index (χ1n) is 9.28. The third-order valence-electron chi connectivity index (χ3n) is 5.14. The molecule has 0 bridgehead atoms. The van der Waals surface area contributed by atoms with Crippen LogP contribution in [0.4, 0.5) is 17.6 Å². The lowest BCUT2D eigenvalue weighted by Gasteiger charge is -2.30. The predicted molar refractivity (Wildman–Crippen MR) is 103 cm³/mol. The van der Waals surface area contributed by atoms with E-state index in [0.29, 0.717) is 29.8 Å². The number of hydrogen-bond acceptors (Lipinski definition) is 4. The smallest absolute Gasteiger partial charge is 0.342 e. The van der Waals surface area contributed by atoms with Gasteiger partial charge in [0.15, 0.2) is 4.96 Å². The van der Waals surface area contributed by atoms with Crippen LogP contribution < -0.4 is 5.56 Å². The molecular formula is C20H17F4N3O2S. The van der Waals surface area contributed by atoms with Crippen LogP contribution in [0.25, 0.3) is 4.96 Å². The maximum Gasteiger partial charge on any atom is 0.419 e. The standard InChI is InChI=1S/C20H17F4N3O2S/c1-11-15(10-16(28)26-6-3-7-26)27-17(29)9-13(25-19(27)30-11)8-12-4-2-5-14(18(12)21)20(22,23)24/h2,4-5,9H,3,6-8,10H2,1H3. The highest BCUT2D eigenvalue weighted by atomic mass is 32.1. The first kappa shape index (κ1) is 20.5. The number of benzene rings is 1. The van der Waals surface area contributed by atoms with Gasteiger partial charge in [0.25, 0.3) is 5.56 Å². The molecule has 0 spiro atoms. The average molecular weight is 439 g/mol. The Bertz CT molecular complexity index is 1200. The fourth-order valence-electron chi connectivity index (χ4n) is 3.42. The van der Waals surface area contributed by atoms with E-state index in [-0.39, 0.29) is 30.0 Å². The van der Waals surface area contributed by atoms with Gasteiger partial charge in [-0.25, -0.2) is 9.37 Å². The molecule has 3 aromatic rings. The predicted octanol–water partition coefficient (Wildman–Crippen LogP) is 3.59. The Morgan fingerprint density at radius 1 is 1.27 bits per heavy atom. The van der Waals surface area contributed by atoms with Crippen molar-refractivity contribution < 1.29 is 22.4 Å². The van der Waals surface area contributed by atoms with Gasteiger partial charge in [0.2, 0.25) is 5.91 Å². The van der Waals surface area contributed by atoms with E-state index in [1.807, 2.05) is 0 Å². The van der Waals surface area contributed by atoms with Crippen molar-refractivity contribution in [3.05, 3.63) is 67.8 Å². The number of carbonyl (C=O) groups is 1. The largest absolute Gasteiger partial charge is 0.419 e. The summed E-state index contributed by atoms with van der Waals surface area (Å²) in [5, 5.41) is 0. The van der Waals surface area contributed by atoms with Crippen molar-refractivity contribution in [3.8, 4) is 0 Å². The number of aryl methyl sites for hydroxylation is 1. The maximum absolute atomic E-state index is 14.3. The molecule has 10 heteroatoms. The molecule has 1 aromatic carbocycles. The summed E-state index contributed by atoms with van der Waals surface area (Å²) in [7, 11) is 0. The number of thiazole rings is 1. The van der Waals surface area contributed by atoms with E-state index in [9.17, 15) is 27.2 Å². The fourth-order valence-corrected chi connectivity index (χ4v) is 4.43. The zero-order valence-electron chi connectivity index (χ0n) is 15.9. The van der Waals surface area contributed by atoms with Gasteiger partial charge in [-0.2, -0.15) is 13.2 Å². The number of hydrogen-bond donors (Lipinski definition) is 0. The Morgan fingerprint density at radius 2 is 2.00 bits per heavy atom. The molecule has 1 amide bonds. The number of alkyl halides is 3. The molecule has 0 N–H and O–H groups in total. The van der Waals surface area contributed by atoms with Crippen molar-refractivity contribution in [1.82, 2.24) is 14.3 Å². The second-order valence-electron chi connectivity index (χ2n) is 7.17. The number of rotatable bonds is 4. The summed E-state index contributed by atoms with van der Waals surface area (Å²) in [6.45, 7) is 3.20. The van der Waals surface area contributed by atoms with Gasteiger partial charge in [-0.3, -0.25) is 14.0 Å². The molecule has 158 valence electrons. The maximum atomic E-state index is 14.3. The number of carbonyl (C=O) groups excluding carboxylic acids is 1. The summed E-state index contributed by atoms with van der Waals surface area (Å²) in [4.78, 5) is 32.2. The lowest BCUT2D eigenvalue weighted by atomic mass is 10.0. The molecule has 2 aromatic heterocycles. The van der Waals surface area contributed by atoms with E-state index in [1.165, 1.54) is 27.9 Å². The van der Waals surface area contributed by atoms with Crippen molar-refractivity contribution in [2.24, 2.45) is 0 Å². The molecule has 4 rings (SSSR count). The molecule has 1 saturated heterocycles. The van der Waals surface area contributed by atoms with Gasteiger partial charge in [0, 0.05) is 30.5 Å². The molecule has 1 fully saturated rings. The van der Waals surface area contributed by atoms with Gasteiger partial charge in [0.1, 0.15) is 5.82 Å². The second-order valence-corrected chi connectivity index (χ2v) is 8.35. The van der Waals surface area contributed by atoms with Crippen molar-refractivity contribution in [1.29, 1.82) is 0 Å². The zero-order valence-corrected chi connectivity index (χ0v) is 16.7. The quantitative estimate of drug-likeness (QED) is 0.584. The molecule has 0 atom stereocenters. The van der Waals surface area contributed by atoms with E-state index in [4.69, 9.17) is 0 Å². The third kappa shape index (κ3) is 3.71. The van der Waals surface area contributed by atoms with E-state index in [2.05, 4.69) is 4.98 Å².